The number of nitrogens with one attached hydrogen (secondary N) is 2. The maximum Gasteiger partial charge on any atom is 0.255 e. The van der Waals surface area contributed by atoms with Gasteiger partial charge in [-0.2, -0.15) is 5.10 Å². The van der Waals surface area contributed by atoms with Crippen LogP contribution >= 0.6 is 0 Å². The summed E-state index contributed by atoms with van der Waals surface area (Å²) < 4.78 is 18.9. The molecule has 0 saturated carbocycles. The number of amides is 1. The van der Waals surface area contributed by atoms with Crippen molar-refractivity contribution in [1.82, 2.24) is 15.5 Å². The van der Waals surface area contributed by atoms with Crippen molar-refractivity contribution in [2.45, 2.75) is 19.9 Å². The maximum absolute atomic E-state index is 13.4. The fourth-order valence-corrected chi connectivity index (χ4v) is 3.07. The Bertz CT molecular complexity index is 1040. The van der Waals surface area contributed by atoms with E-state index >= 15 is 0 Å². The number of carbonyl (C=O) groups excluding carboxylic acids is 1. The second-order valence-electron chi connectivity index (χ2n) is 7.07. The molecule has 29 heavy (non-hydrogen) atoms. The van der Waals surface area contributed by atoms with E-state index in [1.54, 1.807) is 36.4 Å². The third-order valence-electron chi connectivity index (χ3n) is 4.76. The highest BCUT2D eigenvalue weighted by molar-refractivity contribution is 6.05. The lowest BCUT2D eigenvalue weighted by molar-refractivity contribution is 0.0894. The molecule has 1 aromatic heterocycles. The van der Waals surface area contributed by atoms with Gasteiger partial charge in [0, 0.05) is 0 Å². The number of aromatic amines is 1. The van der Waals surface area contributed by atoms with Crippen molar-refractivity contribution < 1.29 is 19.0 Å². The number of H-pyrrole nitrogens is 1. The lowest BCUT2D eigenvalue weighted by Gasteiger charge is -2.20. The first kappa shape index (κ1) is 20.5. The van der Waals surface area contributed by atoms with Gasteiger partial charge in [-0.25, -0.2) is 4.39 Å². The van der Waals surface area contributed by atoms with E-state index in [9.17, 15) is 14.3 Å². The van der Waals surface area contributed by atoms with E-state index in [2.05, 4.69) is 15.5 Å². The molecule has 0 aliphatic heterocycles. The molecule has 152 valence electrons. The quantitative estimate of drug-likeness (QED) is 0.568. The molecule has 0 bridgehead atoms. The predicted molar refractivity (Wildman–Crippen MR) is 111 cm³/mol. The van der Waals surface area contributed by atoms with Crippen LogP contribution in [0.1, 0.15) is 35.5 Å². The first-order chi connectivity index (χ1) is 13.9. The van der Waals surface area contributed by atoms with Gasteiger partial charge in [-0.3, -0.25) is 9.89 Å². The summed E-state index contributed by atoms with van der Waals surface area (Å²) in [5.74, 6) is -0.190. The molecular weight excluding hydrogens is 373 g/mol. The van der Waals surface area contributed by atoms with Gasteiger partial charge in [0.15, 0.2) is 0 Å². The summed E-state index contributed by atoms with van der Waals surface area (Å²) in [6.07, 6.45) is 3.52. The van der Waals surface area contributed by atoms with Crippen LogP contribution in [-0.4, -0.2) is 41.0 Å². The fraction of sp³-hybridized carbons (Fsp3) is 0.273. The number of hydrogen-bond acceptors (Lipinski definition) is 4. The van der Waals surface area contributed by atoms with Crippen LogP contribution in [0.4, 0.5) is 4.39 Å². The monoisotopic (exact) mass is 397 g/mol. The van der Waals surface area contributed by atoms with Crippen molar-refractivity contribution in [2.75, 3.05) is 13.7 Å². The van der Waals surface area contributed by atoms with E-state index in [1.807, 2.05) is 13.8 Å². The molecular formula is C22H24FN3O3. The minimum absolute atomic E-state index is 0.0809. The Morgan fingerprint density at radius 1 is 1.31 bits per heavy atom. The summed E-state index contributed by atoms with van der Waals surface area (Å²) in [6, 6.07) is 9.24. The number of aromatic nitrogens is 2. The zero-order valence-corrected chi connectivity index (χ0v) is 16.6. The van der Waals surface area contributed by atoms with Crippen molar-refractivity contribution >= 4 is 29.0 Å². The predicted octanol–water partition coefficient (Wildman–Crippen LogP) is 3.63. The molecule has 3 N–H and O–H groups in total. The van der Waals surface area contributed by atoms with Crippen molar-refractivity contribution in [1.29, 1.82) is 0 Å². The molecule has 3 rings (SSSR count). The van der Waals surface area contributed by atoms with Gasteiger partial charge < -0.3 is 15.2 Å². The Labute approximate surface area is 168 Å². The van der Waals surface area contributed by atoms with Crippen LogP contribution < -0.4 is 10.1 Å². The zero-order chi connectivity index (χ0) is 21.0. The van der Waals surface area contributed by atoms with E-state index < -0.39 is 0 Å². The molecule has 1 atom stereocenters. The number of nitrogens with zero attached hydrogens (tertiary/aromatic N) is 1. The first-order valence-electron chi connectivity index (χ1n) is 9.35. The number of ether oxygens (including phenoxy) is 1. The van der Waals surface area contributed by atoms with E-state index in [-0.39, 0.29) is 30.3 Å². The largest absolute Gasteiger partial charge is 0.495 e. The molecule has 1 amide bonds. The van der Waals surface area contributed by atoms with Gasteiger partial charge in [0.1, 0.15) is 11.6 Å². The smallest absolute Gasteiger partial charge is 0.255 e. The highest BCUT2D eigenvalue weighted by Crippen LogP contribution is 2.32. The number of fused-ring (bicyclic) bond motifs is 1. The summed E-state index contributed by atoms with van der Waals surface area (Å²) >= 11 is 0. The van der Waals surface area contributed by atoms with Gasteiger partial charge in [0.2, 0.25) is 0 Å². The number of aliphatic hydroxyl groups is 1. The number of aliphatic hydroxyl groups excluding tert-OH is 1. The Kier molecular flexibility index (Phi) is 6.29. The second kappa shape index (κ2) is 8.87. The van der Waals surface area contributed by atoms with Crippen LogP contribution in [0.15, 0.2) is 36.4 Å². The molecule has 0 saturated heterocycles. The molecule has 0 unspecified atom stereocenters. The van der Waals surface area contributed by atoms with Gasteiger partial charge in [0.25, 0.3) is 5.91 Å². The molecule has 3 aromatic rings. The highest BCUT2D eigenvalue weighted by atomic mass is 19.1. The SMILES string of the molecule is COc1c(C(=O)N[C@H](CO)C(C)C)ccc2n[nH]c(C=Cc3cccc(F)c3)c12. The molecule has 2 aromatic carbocycles. The molecule has 1 heterocycles. The average molecular weight is 397 g/mol. The third kappa shape index (κ3) is 4.46. The van der Waals surface area contributed by atoms with Gasteiger partial charge in [-0.1, -0.05) is 32.1 Å². The van der Waals surface area contributed by atoms with Gasteiger partial charge in [-0.15, -0.1) is 0 Å². The first-order valence-corrected chi connectivity index (χ1v) is 9.35. The van der Waals surface area contributed by atoms with Gasteiger partial charge in [0.05, 0.1) is 41.9 Å². The Morgan fingerprint density at radius 2 is 2.10 bits per heavy atom. The minimum Gasteiger partial charge on any atom is -0.495 e. The standard InChI is InChI=1S/C22H24FN3O3/c1-13(2)19(12-27)24-22(28)16-8-10-18-20(21(16)29-3)17(25-26-18)9-7-14-5-4-6-15(23)11-14/h4-11,13,19,27H,12H2,1-3H3,(H,24,28)(H,25,26)/t19-/m1/s1. The number of methoxy groups -OCH3 is 1. The van der Waals surface area contributed by atoms with Crippen LogP contribution in [0.2, 0.25) is 0 Å². The van der Waals surface area contributed by atoms with Gasteiger partial charge in [-0.05, 0) is 41.8 Å². The van der Waals surface area contributed by atoms with Crippen molar-refractivity contribution in [2.24, 2.45) is 5.92 Å². The Morgan fingerprint density at radius 3 is 2.76 bits per heavy atom. The van der Waals surface area contributed by atoms with Crippen LogP contribution in [0.5, 0.6) is 5.75 Å². The maximum atomic E-state index is 13.4. The van der Waals surface area contributed by atoms with Crippen LogP contribution in [0.25, 0.3) is 23.1 Å². The molecule has 0 radical (unpaired) electrons. The van der Waals surface area contributed by atoms with Crippen molar-refractivity contribution in [3.05, 3.63) is 59.0 Å². The van der Waals surface area contributed by atoms with Crippen molar-refractivity contribution in [3.8, 4) is 5.75 Å². The number of benzene rings is 2. The number of rotatable bonds is 7. The molecule has 0 aliphatic carbocycles. The van der Waals surface area contributed by atoms with Crippen LogP contribution in [-0.2, 0) is 0 Å². The summed E-state index contributed by atoms with van der Waals surface area (Å²) in [4.78, 5) is 12.8. The highest BCUT2D eigenvalue weighted by Gasteiger charge is 2.22. The molecule has 0 aliphatic rings. The molecule has 6 nitrogen and oxygen atoms in total. The minimum atomic E-state index is -0.361. The topological polar surface area (TPSA) is 87.2 Å². The summed E-state index contributed by atoms with van der Waals surface area (Å²) in [5, 5.41) is 20.2. The van der Waals surface area contributed by atoms with Crippen LogP contribution in [0.3, 0.4) is 0 Å². The van der Waals surface area contributed by atoms with Gasteiger partial charge >= 0.3 is 0 Å². The summed E-state index contributed by atoms with van der Waals surface area (Å²) in [5.41, 5.74) is 2.32. The third-order valence-corrected chi connectivity index (χ3v) is 4.76. The lowest BCUT2D eigenvalue weighted by Crippen LogP contribution is -2.41. The molecule has 0 fully saturated rings. The second-order valence-corrected chi connectivity index (χ2v) is 7.07. The average Bonchev–Trinajstić information content (AvgIpc) is 3.12. The van der Waals surface area contributed by atoms with Crippen molar-refractivity contribution in [3.63, 3.8) is 0 Å². The van der Waals surface area contributed by atoms with E-state index in [1.165, 1.54) is 19.2 Å². The number of carbonyl (C=O) groups is 1. The van der Waals surface area contributed by atoms with E-state index in [4.69, 9.17) is 4.74 Å². The van der Waals surface area contributed by atoms with Crippen LogP contribution in [0, 0.1) is 11.7 Å². The number of hydrogen-bond donors (Lipinski definition) is 3. The summed E-state index contributed by atoms with van der Waals surface area (Å²) in [6.45, 7) is 3.70. The number of halogens is 1. The molecule has 0 spiro atoms. The molecule has 7 heteroatoms. The normalized spacial score (nSPS) is 12.6. The lowest BCUT2D eigenvalue weighted by atomic mass is 10.0. The van der Waals surface area contributed by atoms with E-state index in [0.29, 0.717) is 33.5 Å². The Hall–Kier alpha value is -3.19. The Balaban J connectivity index is 2.00. The zero-order valence-electron chi connectivity index (χ0n) is 16.6. The summed E-state index contributed by atoms with van der Waals surface area (Å²) in [7, 11) is 1.49. The van der Waals surface area contributed by atoms with E-state index in [0.717, 1.165) is 0 Å². The fourth-order valence-electron chi connectivity index (χ4n) is 3.07.